The van der Waals surface area contributed by atoms with Crippen LogP contribution in [0.5, 0.6) is 0 Å². The molecule has 0 amide bonds. The molecule has 2 rings (SSSR count). The molecule has 4 heteroatoms. The van der Waals surface area contributed by atoms with Gasteiger partial charge in [-0.2, -0.15) is 0 Å². The minimum Gasteiger partial charge on any atom is -0.381 e. The normalized spacial score (nSPS) is 19.2. The number of hydrogen-bond acceptors (Lipinski definition) is 4. The molecule has 0 aliphatic carbocycles. The van der Waals surface area contributed by atoms with Crippen LogP contribution >= 0.6 is 11.3 Å². The van der Waals surface area contributed by atoms with Gasteiger partial charge in [-0.3, -0.25) is 4.79 Å². The number of hydrogen-bond donors (Lipinski definition) is 0. The molecular weight excluding hydrogens is 236 g/mol. The predicted octanol–water partition coefficient (Wildman–Crippen LogP) is 2.82. The van der Waals surface area contributed by atoms with Gasteiger partial charge in [0.1, 0.15) is 5.60 Å². The topological polar surface area (TPSA) is 35.5 Å². The first-order valence-electron chi connectivity index (χ1n) is 5.99. The average Bonchev–Trinajstić information content (AvgIpc) is 2.76. The smallest absolute Gasteiger partial charge is 0.195 e. The van der Waals surface area contributed by atoms with Crippen molar-refractivity contribution in [1.82, 2.24) is 0 Å². The Morgan fingerprint density at radius 2 is 2.24 bits per heavy atom. The number of ketones is 1. The fraction of sp³-hybridized carbons (Fsp3) is 0.615. The molecule has 0 bridgehead atoms. The Labute approximate surface area is 106 Å². The summed E-state index contributed by atoms with van der Waals surface area (Å²) in [5.74, 6) is 0.118. The predicted molar refractivity (Wildman–Crippen MR) is 67.8 cm³/mol. The summed E-state index contributed by atoms with van der Waals surface area (Å²) >= 11 is 1.61. The lowest BCUT2D eigenvalue weighted by Gasteiger charge is -2.35. The van der Waals surface area contributed by atoms with E-state index in [1.165, 1.54) is 0 Å². The second kappa shape index (κ2) is 5.29. The van der Waals surface area contributed by atoms with Crippen molar-refractivity contribution in [3.05, 3.63) is 21.9 Å². The van der Waals surface area contributed by atoms with E-state index in [0.717, 1.165) is 10.4 Å². The summed E-state index contributed by atoms with van der Waals surface area (Å²) in [6, 6.07) is 1.95. The van der Waals surface area contributed by atoms with Crippen LogP contribution < -0.4 is 0 Å². The van der Waals surface area contributed by atoms with Gasteiger partial charge in [0, 0.05) is 48.5 Å². The van der Waals surface area contributed by atoms with Crippen LogP contribution in [0.25, 0.3) is 0 Å². The molecule has 0 saturated carbocycles. The number of Topliss-reactive ketones (excluding diaryl/α,β-unsaturated/α-hetero) is 1. The quantitative estimate of drug-likeness (QED) is 0.775. The van der Waals surface area contributed by atoms with Gasteiger partial charge in [0.2, 0.25) is 0 Å². The zero-order chi connectivity index (χ0) is 12.3. The molecule has 1 aliphatic heterocycles. The molecule has 1 saturated heterocycles. The Hall–Kier alpha value is -0.710. The Morgan fingerprint density at radius 3 is 2.76 bits per heavy atom. The van der Waals surface area contributed by atoms with Gasteiger partial charge in [0.25, 0.3) is 0 Å². The lowest BCUT2D eigenvalue weighted by atomic mass is 9.86. The van der Waals surface area contributed by atoms with Gasteiger partial charge in [0.05, 0.1) is 0 Å². The van der Waals surface area contributed by atoms with Crippen LogP contribution in [0.4, 0.5) is 0 Å². The Morgan fingerprint density at radius 1 is 1.53 bits per heavy atom. The molecule has 2 heterocycles. The minimum atomic E-state index is -0.652. The third-order valence-corrected chi connectivity index (χ3v) is 3.99. The van der Waals surface area contributed by atoms with E-state index in [2.05, 4.69) is 0 Å². The maximum Gasteiger partial charge on any atom is 0.195 e. The first-order chi connectivity index (χ1) is 8.18. The van der Waals surface area contributed by atoms with E-state index in [-0.39, 0.29) is 5.78 Å². The molecule has 1 fully saturated rings. The van der Waals surface area contributed by atoms with Crippen molar-refractivity contribution in [2.75, 3.05) is 19.8 Å². The minimum absolute atomic E-state index is 0.118. The van der Waals surface area contributed by atoms with Gasteiger partial charge < -0.3 is 9.47 Å². The van der Waals surface area contributed by atoms with Gasteiger partial charge in [-0.15, -0.1) is 11.3 Å². The van der Waals surface area contributed by atoms with Crippen LogP contribution in [-0.2, 0) is 9.47 Å². The van der Waals surface area contributed by atoms with E-state index in [1.807, 2.05) is 25.3 Å². The lowest BCUT2D eigenvalue weighted by Crippen LogP contribution is -2.46. The second-order valence-electron chi connectivity index (χ2n) is 4.31. The maximum atomic E-state index is 12.6. The van der Waals surface area contributed by atoms with E-state index < -0.39 is 5.60 Å². The third kappa shape index (κ3) is 2.59. The van der Waals surface area contributed by atoms with Gasteiger partial charge in [-0.05, 0) is 19.9 Å². The first kappa shape index (κ1) is 12.7. The lowest BCUT2D eigenvalue weighted by molar-refractivity contribution is -0.0822. The zero-order valence-electron chi connectivity index (χ0n) is 10.3. The van der Waals surface area contributed by atoms with Gasteiger partial charge in [0.15, 0.2) is 5.78 Å². The SMILES string of the molecule is CCOC1(C(=O)c2csc(C)c2)CCOCC1. The van der Waals surface area contributed by atoms with E-state index >= 15 is 0 Å². The fourth-order valence-corrected chi connectivity index (χ4v) is 2.92. The first-order valence-corrected chi connectivity index (χ1v) is 6.87. The maximum absolute atomic E-state index is 12.6. The number of aryl methyl sites for hydroxylation is 1. The summed E-state index contributed by atoms with van der Waals surface area (Å²) in [5, 5.41) is 1.92. The summed E-state index contributed by atoms with van der Waals surface area (Å²) in [6.07, 6.45) is 1.32. The summed E-state index contributed by atoms with van der Waals surface area (Å²) < 4.78 is 11.1. The molecule has 0 radical (unpaired) electrons. The number of carbonyl (C=O) groups excluding carboxylic acids is 1. The van der Waals surface area contributed by atoms with Gasteiger partial charge >= 0.3 is 0 Å². The molecule has 0 aromatic carbocycles. The molecule has 0 spiro atoms. The molecule has 1 aromatic rings. The highest BCUT2D eigenvalue weighted by atomic mass is 32.1. The van der Waals surface area contributed by atoms with Crippen molar-refractivity contribution in [3.63, 3.8) is 0 Å². The summed E-state index contributed by atoms with van der Waals surface area (Å²) in [5.41, 5.74) is 0.128. The molecule has 0 atom stereocenters. The van der Waals surface area contributed by atoms with E-state index in [1.54, 1.807) is 11.3 Å². The Balaban J connectivity index is 2.23. The number of ether oxygens (including phenoxy) is 2. The standard InChI is InChI=1S/C13H18O3S/c1-3-16-13(4-6-15-7-5-13)12(14)11-8-10(2)17-9-11/h8-9H,3-7H2,1-2H3. The van der Waals surface area contributed by atoms with Gasteiger partial charge in [-0.25, -0.2) is 0 Å². The molecule has 94 valence electrons. The molecule has 0 N–H and O–H groups in total. The number of thiophene rings is 1. The molecule has 17 heavy (non-hydrogen) atoms. The zero-order valence-corrected chi connectivity index (χ0v) is 11.1. The molecular formula is C13H18O3S. The summed E-state index contributed by atoms with van der Waals surface area (Å²) in [4.78, 5) is 13.7. The van der Waals surface area contributed by atoms with Crippen molar-refractivity contribution in [3.8, 4) is 0 Å². The van der Waals surface area contributed by atoms with E-state index in [9.17, 15) is 4.79 Å². The van der Waals surface area contributed by atoms with Crippen LogP contribution in [0.15, 0.2) is 11.4 Å². The van der Waals surface area contributed by atoms with Crippen LogP contribution in [0, 0.1) is 6.92 Å². The molecule has 1 aromatic heterocycles. The van der Waals surface area contributed by atoms with Crippen molar-refractivity contribution in [1.29, 1.82) is 0 Å². The van der Waals surface area contributed by atoms with E-state index in [4.69, 9.17) is 9.47 Å². The summed E-state index contributed by atoms with van der Waals surface area (Å²) in [7, 11) is 0. The fourth-order valence-electron chi connectivity index (χ4n) is 2.24. The highest BCUT2D eigenvalue weighted by molar-refractivity contribution is 7.10. The van der Waals surface area contributed by atoms with Crippen molar-refractivity contribution in [2.45, 2.75) is 32.3 Å². The molecule has 1 aliphatic rings. The monoisotopic (exact) mass is 254 g/mol. The van der Waals surface area contributed by atoms with Crippen LogP contribution in [0.3, 0.4) is 0 Å². The third-order valence-electron chi connectivity index (χ3n) is 3.13. The van der Waals surface area contributed by atoms with Crippen molar-refractivity contribution < 1.29 is 14.3 Å². The van der Waals surface area contributed by atoms with Crippen LogP contribution in [0.2, 0.25) is 0 Å². The highest BCUT2D eigenvalue weighted by Gasteiger charge is 2.41. The second-order valence-corrected chi connectivity index (χ2v) is 5.43. The van der Waals surface area contributed by atoms with E-state index in [0.29, 0.717) is 32.7 Å². The largest absolute Gasteiger partial charge is 0.381 e. The number of rotatable bonds is 4. The van der Waals surface area contributed by atoms with Gasteiger partial charge in [-0.1, -0.05) is 0 Å². The Bertz CT molecular complexity index is 386. The average molecular weight is 254 g/mol. The number of carbonyl (C=O) groups is 1. The van der Waals surface area contributed by atoms with Crippen LogP contribution in [0.1, 0.15) is 35.0 Å². The highest BCUT2D eigenvalue weighted by Crippen LogP contribution is 2.30. The summed E-state index contributed by atoms with van der Waals surface area (Å²) in [6.45, 7) is 5.72. The Kier molecular flexibility index (Phi) is 3.97. The molecule has 0 unspecified atom stereocenters. The van der Waals surface area contributed by atoms with Crippen molar-refractivity contribution in [2.24, 2.45) is 0 Å². The van der Waals surface area contributed by atoms with Crippen molar-refractivity contribution >= 4 is 17.1 Å². The van der Waals surface area contributed by atoms with Crippen LogP contribution in [-0.4, -0.2) is 31.2 Å². The molecule has 3 nitrogen and oxygen atoms in total.